The Morgan fingerprint density at radius 1 is 1.14 bits per heavy atom. The van der Waals surface area contributed by atoms with Crippen LogP contribution in [0.5, 0.6) is 0 Å². The summed E-state index contributed by atoms with van der Waals surface area (Å²) >= 11 is 0. The summed E-state index contributed by atoms with van der Waals surface area (Å²) in [7, 11) is 0. The molecule has 3 rings (SSSR count). The first-order valence-corrected chi connectivity index (χ1v) is 7.41. The van der Waals surface area contributed by atoms with E-state index in [2.05, 4.69) is 0 Å². The van der Waals surface area contributed by atoms with Gasteiger partial charge in [0.05, 0.1) is 17.7 Å². The SMILES string of the molecule is CC1(C)Cc2c(F)cccc2C(CC(=O)c2ccccc2)=N1. The van der Waals surface area contributed by atoms with Gasteiger partial charge in [-0.3, -0.25) is 9.79 Å². The zero-order valence-corrected chi connectivity index (χ0v) is 12.8. The lowest BCUT2D eigenvalue weighted by atomic mass is 9.85. The maximum Gasteiger partial charge on any atom is 0.168 e. The fourth-order valence-electron chi connectivity index (χ4n) is 2.92. The van der Waals surface area contributed by atoms with Crippen LogP contribution in [-0.4, -0.2) is 17.0 Å². The van der Waals surface area contributed by atoms with Crippen molar-refractivity contribution in [2.75, 3.05) is 0 Å². The topological polar surface area (TPSA) is 29.4 Å². The first-order chi connectivity index (χ1) is 10.5. The number of Topliss-reactive ketones (excluding diaryl/α,β-unsaturated/α-hetero) is 1. The van der Waals surface area contributed by atoms with Crippen molar-refractivity contribution in [1.82, 2.24) is 0 Å². The molecule has 0 bridgehead atoms. The van der Waals surface area contributed by atoms with Crippen LogP contribution in [0, 0.1) is 5.82 Å². The lowest BCUT2D eigenvalue weighted by Crippen LogP contribution is -2.30. The molecule has 22 heavy (non-hydrogen) atoms. The molecule has 1 heterocycles. The quantitative estimate of drug-likeness (QED) is 0.779. The average Bonchev–Trinajstić information content (AvgIpc) is 2.48. The van der Waals surface area contributed by atoms with Gasteiger partial charge in [-0.25, -0.2) is 4.39 Å². The van der Waals surface area contributed by atoms with E-state index in [1.165, 1.54) is 6.07 Å². The van der Waals surface area contributed by atoms with Crippen molar-refractivity contribution in [1.29, 1.82) is 0 Å². The lowest BCUT2D eigenvalue weighted by molar-refractivity contribution is 0.100. The molecule has 0 N–H and O–H groups in total. The summed E-state index contributed by atoms with van der Waals surface area (Å²) in [6.07, 6.45) is 0.752. The second kappa shape index (κ2) is 5.48. The number of halogens is 1. The first kappa shape index (κ1) is 14.6. The highest BCUT2D eigenvalue weighted by Crippen LogP contribution is 2.30. The van der Waals surface area contributed by atoms with Gasteiger partial charge in [-0.2, -0.15) is 0 Å². The second-order valence-electron chi connectivity index (χ2n) is 6.28. The highest BCUT2D eigenvalue weighted by atomic mass is 19.1. The van der Waals surface area contributed by atoms with E-state index in [0.717, 1.165) is 5.56 Å². The highest BCUT2D eigenvalue weighted by molar-refractivity contribution is 6.16. The molecule has 3 heteroatoms. The van der Waals surface area contributed by atoms with Crippen LogP contribution < -0.4 is 0 Å². The first-order valence-electron chi connectivity index (χ1n) is 7.41. The second-order valence-corrected chi connectivity index (χ2v) is 6.28. The van der Waals surface area contributed by atoms with E-state index in [1.54, 1.807) is 18.2 Å². The minimum Gasteiger partial charge on any atom is -0.294 e. The van der Waals surface area contributed by atoms with E-state index in [9.17, 15) is 9.18 Å². The Kier molecular flexibility index (Phi) is 3.65. The summed E-state index contributed by atoms with van der Waals surface area (Å²) in [4.78, 5) is 17.1. The molecule has 0 fully saturated rings. The minimum absolute atomic E-state index is 0.00672. The van der Waals surface area contributed by atoms with Crippen molar-refractivity contribution in [3.63, 3.8) is 0 Å². The number of aliphatic imine (C=N–C) groups is 1. The Morgan fingerprint density at radius 3 is 2.59 bits per heavy atom. The van der Waals surface area contributed by atoms with Gasteiger partial charge in [-0.05, 0) is 25.5 Å². The van der Waals surface area contributed by atoms with Crippen molar-refractivity contribution in [3.05, 3.63) is 71.0 Å². The number of benzene rings is 2. The number of carbonyl (C=O) groups is 1. The maximum atomic E-state index is 14.1. The van der Waals surface area contributed by atoms with Crippen molar-refractivity contribution in [3.8, 4) is 0 Å². The summed E-state index contributed by atoms with van der Waals surface area (Å²) < 4.78 is 14.1. The van der Waals surface area contributed by atoms with Gasteiger partial charge >= 0.3 is 0 Å². The van der Waals surface area contributed by atoms with Gasteiger partial charge in [-0.15, -0.1) is 0 Å². The molecular formula is C19H18FNO. The Balaban J connectivity index is 1.97. The highest BCUT2D eigenvalue weighted by Gasteiger charge is 2.29. The molecule has 1 aliphatic rings. The Bertz CT molecular complexity index is 747. The van der Waals surface area contributed by atoms with E-state index in [4.69, 9.17) is 4.99 Å². The van der Waals surface area contributed by atoms with Crippen LogP contribution in [0.15, 0.2) is 53.5 Å². The maximum absolute atomic E-state index is 14.1. The van der Waals surface area contributed by atoms with Crippen molar-refractivity contribution in [2.45, 2.75) is 32.2 Å². The predicted octanol–water partition coefficient (Wildman–Crippen LogP) is 4.22. The minimum atomic E-state index is -0.387. The monoisotopic (exact) mass is 295 g/mol. The van der Waals surface area contributed by atoms with Crippen LogP contribution in [0.2, 0.25) is 0 Å². The van der Waals surface area contributed by atoms with Crippen LogP contribution in [-0.2, 0) is 6.42 Å². The molecule has 0 atom stereocenters. The van der Waals surface area contributed by atoms with Crippen LogP contribution in [0.3, 0.4) is 0 Å². The number of hydrogen-bond donors (Lipinski definition) is 0. The van der Waals surface area contributed by atoms with E-state index < -0.39 is 0 Å². The van der Waals surface area contributed by atoms with Crippen LogP contribution in [0.4, 0.5) is 4.39 Å². The van der Waals surface area contributed by atoms with Gasteiger partial charge in [0, 0.05) is 17.5 Å². The van der Waals surface area contributed by atoms with Gasteiger partial charge in [-0.1, -0.05) is 42.5 Å². The molecule has 0 aromatic heterocycles. The summed E-state index contributed by atoms with van der Waals surface area (Å²) in [5.74, 6) is -0.211. The number of ketones is 1. The summed E-state index contributed by atoms with van der Waals surface area (Å²) in [6, 6.07) is 14.1. The molecule has 0 spiro atoms. The molecule has 2 aromatic rings. The molecule has 0 radical (unpaired) electrons. The number of carbonyl (C=O) groups excluding carboxylic acids is 1. The zero-order valence-electron chi connectivity index (χ0n) is 12.8. The molecule has 0 saturated carbocycles. The molecule has 2 aromatic carbocycles. The normalized spacial score (nSPS) is 15.9. The predicted molar refractivity (Wildman–Crippen MR) is 86.1 cm³/mol. The fourth-order valence-corrected chi connectivity index (χ4v) is 2.92. The summed E-state index contributed by atoms with van der Waals surface area (Å²) in [5, 5.41) is 0. The van der Waals surface area contributed by atoms with Crippen LogP contribution in [0.1, 0.15) is 41.8 Å². The molecule has 0 saturated heterocycles. The Labute approximate surface area is 129 Å². The van der Waals surface area contributed by atoms with Crippen molar-refractivity contribution in [2.24, 2.45) is 4.99 Å². The van der Waals surface area contributed by atoms with Crippen LogP contribution in [0.25, 0.3) is 0 Å². The van der Waals surface area contributed by atoms with E-state index >= 15 is 0 Å². The molecular weight excluding hydrogens is 277 g/mol. The van der Waals surface area contributed by atoms with E-state index in [-0.39, 0.29) is 23.6 Å². The molecule has 0 aliphatic carbocycles. The summed E-state index contributed by atoms with van der Waals surface area (Å²) in [6.45, 7) is 3.94. The third-order valence-corrected chi connectivity index (χ3v) is 3.90. The van der Waals surface area contributed by atoms with Crippen molar-refractivity contribution >= 4 is 11.5 Å². The number of fused-ring (bicyclic) bond motifs is 1. The molecule has 0 amide bonds. The van der Waals surface area contributed by atoms with Gasteiger partial charge in [0.15, 0.2) is 5.78 Å². The van der Waals surface area contributed by atoms with Gasteiger partial charge in [0.25, 0.3) is 0 Å². The molecule has 0 unspecified atom stereocenters. The number of rotatable bonds is 3. The smallest absolute Gasteiger partial charge is 0.168 e. The Hall–Kier alpha value is -2.29. The Morgan fingerprint density at radius 2 is 1.86 bits per heavy atom. The number of nitrogens with zero attached hydrogens (tertiary/aromatic N) is 1. The molecule has 1 aliphatic heterocycles. The third kappa shape index (κ3) is 2.84. The van der Waals surface area contributed by atoms with Gasteiger partial charge in [0.1, 0.15) is 5.82 Å². The summed E-state index contributed by atoms with van der Waals surface area (Å²) in [5.41, 5.74) is 2.38. The van der Waals surface area contributed by atoms with Crippen LogP contribution >= 0.6 is 0 Å². The third-order valence-electron chi connectivity index (χ3n) is 3.90. The van der Waals surface area contributed by atoms with Gasteiger partial charge in [0.2, 0.25) is 0 Å². The average molecular weight is 295 g/mol. The van der Waals surface area contributed by atoms with Crippen molar-refractivity contribution < 1.29 is 9.18 Å². The standard InChI is InChI=1S/C19H18FNO/c1-19(2)12-15-14(9-6-10-16(15)20)17(21-19)11-18(22)13-7-4-3-5-8-13/h3-10H,11-12H2,1-2H3. The molecule has 2 nitrogen and oxygen atoms in total. The fraction of sp³-hybridized carbons (Fsp3) is 0.263. The van der Waals surface area contributed by atoms with E-state index in [1.807, 2.05) is 38.1 Å². The van der Waals surface area contributed by atoms with E-state index in [0.29, 0.717) is 23.3 Å². The lowest BCUT2D eigenvalue weighted by Gasteiger charge is -2.29. The number of hydrogen-bond acceptors (Lipinski definition) is 2. The van der Waals surface area contributed by atoms with Gasteiger partial charge < -0.3 is 0 Å². The zero-order chi connectivity index (χ0) is 15.7. The largest absolute Gasteiger partial charge is 0.294 e. The molecule has 112 valence electrons.